The second-order valence-electron chi connectivity index (χ2n) is 5.49. The van der Waals surface area contributed by atoms with Crippen LogP contribution in [0.4, 0.5) is 0 Å². The molecule has 102 valence electrons. The Morgan fingerprint density at radius 3 is 2.74 bits per heavy atom. The Hall–Kier alpha value is -1.61. The third-order valence-electron chi connectivity index (χ3n) is 3.72. The molecular formula is C16H21NO2. The van der Waals surface area contributed by atoms with Gasteiger partial charge in [-0.1, -0.05) is 23.8 Å². The van der Waals surface area contributed by atoms with Crippen LogP contribution in [0, 0.1) is 13.8 Å². The summed E-state index contributed by atoms with van der Waals surface area (Å²) in [5, 5.41) is 12.6. The summed E-state index contributed by atoms with van der Waals surface area (Å²) in [6.07, 6.45) is 5.96. The zero-order chi connectivity index (χ0) is 13.9. The smallest absolute Gasteiger partial charge is 0.244 e. The number of amides is 1. The lowest BCUT2D eigenvalue weighted by Crippen LogP contribution is -2.47. The summed E-state index contributed by atoms with van der Waals surface area (Å²) in [4.78, 5) is 11.7. The van der Waals surface area contributed by atoms with Crippen LogP contribution in [0.2, 0.25) is 0 Å². The fourth-order valence-electron chi connectivity index (χ4n) is 2.25. The highest BCUT2D eigenvalue weighted by atomic mass is 16.3. The van der Waals surface area contributed by atoms with E-state index in [0.29, 0.717) is 6.54 Å². The quantitative estimate of drug-likeness (QED) is 0.815. The molecule has 19 heavy (non-hydrogen) atoms. The molecule has 0 heterocycles. The van der Waals surface area contributed by atoms with Crippen molar-refractivity contribution in [3.8, 4) is 0 Å². The molecule has 3 nitrogen and oxygen atoms in total. The Balaban J connectivity index is 1.89. The lowest BCUT2D eigenvalue weighted by Gasteiger charge is -2.36. The molecule has 0 spiro atoms. The summed E-state index contributed by atoms with van der Waals surface area (Å²) in [5.74, 6) is -0.152. The van der Waals surface area contributed by atoms with E-state index in [9.17, 15) is 9.90 Å². The highest BCUT2D eigenvalue weighted by molar-refractivity contribution is 5.91. The van der Waals surface area contributed by atoms with Crippen LogP contribution in [0.15, 0.2) is 24.3 Å². The molecule has 1 aromatic rings. The zero-order valence-electron chi connectivity index (χ0n) is 11.6. The molecule has 0 aliphatic heterocycles. The summed E-state index contributed by atoms with van der Waals surface area (Å²) in [7, 11) is 0. The first-order valence-electron chi connectivity index (χ1n) is 6.74. The van der Waals surface area contributed by atoms with Gasteiger partial charge in [0.15, 0.2) is 0 Å². The van der Waals surface area contributed by atoms with Crippen molar-refractivity contribution in [1.29, 1.82) is 0 Å². The van der Waals surface area contributed by atoms with E-state index in [4.69, 9.17) is 0 Å². The fraction of sp³-hybridized carbons (Fsp3) is 0.438. The monoisotopic (exact) mass is 259 g/mol. The molecule has 1 fully saturated rings. The van der Waals surface area contributed by atoms with Crippen LogP contribution in [-0.4, -0.2) is 23.2 Å². The molecule has 1 saturated carbocycles. The van der Waals surface area contributed by atoms with E-state index in [-0.39, 0.29) is 5.91 Å². The number of carbonyl (C=O) groups excluding carboxylic acids is 1. The maximum absolute atomic E-state index is 11.7. The minimum Gasteiger partial charge on any atom is -0.388 e. The molecule has 1 aliphatic carbocycles. The van der Waals surface area contributed by atoms with Crippen molar-refractivity contribution >= 4 is 12.0 Å². The number of carbonyl (C=O) groups is 1. The molecule has 0 saturated heterocycles. The highest BCUT2D eigenvalue weighted by Crippen LogP contribution is 2.30. The molecular weight excluding hydrogens is 238 g/mol. The Labute approximate surface area is 114 Å². The topological polar surface area (TPSA) is 49.3 Å². The molecule has 0 unspecified atom stereocenters. The Kier molecular flexibility index (Phi) is 4.05. The maximum Gasteiger partial charge on any atom is 0.244 e. The van der Waals surface area contributed by atoms with E-state index in [1.165, 1.54) is 11.6 Å². The number of hydrogen-bond donors (Lipinski definition) is 2. The van der Waals surface area contributed by atoms with Crippen molar-refractivity contribution in [3.63, 3.8) is 0 Å². The zero-order valence-corrected chi connectivity index (χ0v) is 11.6. The Morgan fingerprint density at radius 1 is 1.42 bits per heavy atom. The van der Waals surface area contributed by atoms with Gasteiger partial charge in [0.1, 0.15) is 0 Å². The van der Waals surface area contributed by atoms with Gasteiger partial charge >= 0.3 is 0 Å². The summed E-state index contributed by atoms with van der Waals surface area (Å²) >= 11 is 0. The molecule has 1 aliphatic rings. The van der Waals surface area contributed by atoms with E-state index in [0.717, 1.165) is 30.4 Å². The number of hydrogen-bond acceptors (Lipinski definition) is 2. The van der Waals surface area contributed by atoms with Gasteiger partial charge in [-0.3, -0.25) is 4.79 Å². The van der Waals surface area contributed by atoms with E-state index < -0.39 is 5.60 Å². The first-order chi connectivity index (χ1) is 8.98. The molecule has 0 atom stereocenters. The predicted octanol–water partition coefficient (Wildman–Crippen LogP) is 2.35. The van der Waals surface area contributed by atoms with Crippen LogP contribution in [0.5, 0.6) is 0 Å². The van der Waals surface area contributed by atoms with E-state index >= 15 is 0 Å². The van der Waals surface area contributed by atoms with Crippen molar-refractivity contribution < 1.29 is 9.90 Å². The number of rotatable bonds is 4. The van der Waals surface area contributed by atoms with Crippen molar-refractivity contribution in [2.24, 2.45) is 0 Å². The Bertz CT molecular complexity index is 501. The third-order valence-corrected chi connectivity index (χ3v) is 3.72. The van der Waals surface area contributed by atoms with Gasteiger partial charge in [0.05, 0.1) is 5.60 Å². The Morgan fingerprint density at radius 2 is 2.16 bits per heavy atom. The lowest BCUT2D eigenvalue weighted by atomic mass is 9.80. The van der Waals surface area contributed by atoms with Crippen molar-refractivity contribution in [3.05, 3.63) is 41.0 Å². The number of aryl methyl sites for hydroxylation is 2. The van der Waals surface area contributed by atoms with Crippen LogP contribution in [0.1, 0.15) is 36.0 Å². The first kappa shape index (κ1) is 13.8. The van der Waals surface area contributed by atoms with E-state index in [2.05, 4.69) is 11.4 Å². The van der Waals surface area contributed by atoms with Crippen molar-refractivity contribution in [2.75, 3.05) is 6.54 Å². The average molecular weight is 259 g/mol. The maximum atomic E-state index is 11.7. The van der Waals surface area contributed by atoms with Crippen LogP contribution in [0.3, 0.4) is 0 Å². The predicted molar refractivity (Wildman–Crippen MR) is 76.8 cm³/mol. The highest BCUT2D eigenvalue weighted by Gasteiger charge is 2.34. The normalized spacial score (nSPS) is 17.2. The lowest BCUT2D eigenvalue weighted by molar-refractivity contribution is -0.118. The van der Waals surface area contributed by atoms with Gasteiger partial charge in [-0.05, 0) is 50.3 Å². The minimum absolute atomic E-state index is 0.152. The fourth-order valence-corrected chi connectivity index (χ4v) is 2.25. The largest absolute Gasteiger partial charge is 0.388 e. The minimum atomic E-state index is -0.663. The van der Waals surface area contributed by atoms with Crippen LogP contribution in [-0.2, 0) is 4.79 Å². The van der Waals surface area contributed by atoms with E-state index in [1.807, 2.05) is 32.1 Å². The van der Waals surface area contributed by atoms with Gasteiger partial charge in [-0.15, -0.1) is 0 Å². The number of nitrogens with one attached hydrogen (secondary N) is 1. The van der Waals surface area contributed by atoms with Crippen LogP contribution < -0.4 is 5.32 Å². The van der Waals surface area contributed by atoms with Crippen LogP contribution in [0.25, 0.3) is 6.08 Å². The molecule has 2 N–H and O–H groups in total. The average Bonchev–Trinajstić information content (AvgIpc) is 2.33. The number of benzene rings is 1. The van der Waals surface area contributed by atoms with Gasteiger partial charge in [-0.2, -0.15) is 0 Å². The summed E-state index contributed by atoms with van der Waals surface area (Å²) < 4.78 is 0. The molecule has 3 heteroatoms. The summed E-state index contributed by atoms with van der Waals surface area (Å²) in [5.41, 5.74) is 2.75. The van der Waals surface area contributed by atoms with Crippen LogP contribution >= 0.6 is 0 Å². The second kappa shape index (κ2) is 5.57. The number of aliphatic hydroxyl groups is 1. The summed E-state index contributed by atoms with van der Waals surface area (Å²) in [6.45, 7) is 4.43. The molecule has 1 aromatic carbocycles. The second-order valence-corrected chi connectivity index (χ2v) is 5.49. The molecule has 0 radical (unpaired) electrons. The molecule has 0 aromatic heterocycles. The standard InChI is InChI=1S/C16H21NO2/c1-12-4-5-14(13(2)10-12)6-7-15(18)17-11-16(19)8-3-9-16/h4-7,10,19H,3,8-9,11H2,1-2H3,(H,17,18). The SMILES string of the molecule is Cc1ccc(C=CC(=O)NCC2(O)CCC2)c(C)c1. The molecule has 1 amide bonds. The molecule has 0 bridgehead atoms. The van der Waals surface area contributed by atoms with Gasteiger partial charge in [0.2, 0.25) is 5.91 Å². The van der Waals surface area contributed by atoms with Gasteiger partial charge in [0, 0.05) is 12.6 Å². The van der Waals surface area contributed by atoms with Gasteiger partial charge < -0.3 is 10.4 Å². The van der Waals surface area contributed by atoms with Gasteiger partial charge in [-0.25, -0.2) is 0 Å². The van der Waals surface area contributed by atoms with Gasteiger partial charge in [0.25, 0.3) is 0 Å². The van der Waals surface area contributed by atoms with Crippen molar-refractivity contribution in [2.45, 2.75) is 38.7 Å². The summed E-state index contributed by atoms with van der Waals surface area (Å²) in [6, 6.07) is 6.13. The molecule has 2 rings (SSSR count). The third kappa shape index (κ3) is 3.67. The van der Waals surface area contributed by atoms with Crippen molar-refractivity contribution in [1.82, 2.24) is 5.32 Å². The van der Waals surface area contributed by atoms with E-state index in [1.54, 1.807) is 0 Å². The first-order valence-corrected chi connectivity index (χ1v) is 6.74.